The minimum Gasteiger partial charge on any atom is -0.465 e. The van der Waals surface area contributed by atoms with E-state index in [1.807, 2.05) is 0 Å². The summed E-state index contributed by atoms with van der Waals surface area (Å²) in [7, 11) is 1.32. The van der Waals surface area contributed by atoms with Crippen LogP contribution in [0.4, 0.5) is 0 Å². The number of benzene rings is 1. The van der Waals surface area contributed by atoms with E-state index in [1.165, 1.54) is 18.2 Å². The van der Waals surface area contributed by atoms with E-state index in [4.69, 9.17) is 19.4 Å². The smallest absolute Gasteiger partial charge is 0.337 e. The van der Waals surface area contributed by atoms with Gasteiger partial charge >= 0.3 is 5.97 Å². The van der Waals surface area contributed by atoms with Crippen LogP contribution in [0.2, 0.25) is 0 Å². The van der Waals surface area contributed by atoms with Crippen molar-refractivity contribution in [1.29, 1.82) is 5.41 Å². The van der Waals surface area contributed by atoms with Gasteiger partial charge in [0, 0.05) is 11.6 Å². The Morgan fingerprint density at radius 3 is 2.89 bits per heavy atom. The van der Waals surface area contributed by atoms with Gasteiger partial charge in [-0.25, -0.2) is 4.79 Å². The van der Waals surface area contributed by atoms with Gasteiger partial charge in [-0.1, -0.05) is 12.1 Å². The highest BCUT2D eigenvalue weighted by Gasteiger charge is 2.34. The molecule has 3 heterocycles. The maximum absolute atomic E-state index is 12.3. The number of amidine groups is 2. The summed E-state index contributed by atoms with van der Waals surface area (Å²) < 4.78 is 10.5. The maximum Gasteiger partial charge on any atom is 0.337 e. The average Bonchev–Trinajstić information content (AvgIpc) is 3.31. The van der Waals surface area contributed by atoms with Crippen LogP contribution in [0.5, 0.6) is 0 Å². The SMILES string of the molecule is COC(=O)c1cccc(-c2ccc(C=C3C(=N)N4OC(C)=CC4=NC3=O)o2)c1. The second-order valence-corrected chi connectivity index (χ2v) is 6.10. The zero-order chi connectivity index (χ0) is 19.8. The molecule has 8 heteroatoms. The van der Waals surface area contributed by atoms with E-state index in [2.05, 4.69) is 4.99 Å². The van der Waals surface area contributed by atoms with Crippen molar-refractivity contribution in [2.45, 2.75) is 6.92 Å². The first-order chi connectivity index (χ1) is 13.5. The fourth-order valence-corrected chi connectivity index (χ4v) is 2.85. The van der Waals surface area contributed by atoms with Crippen molar-refractivity contribution >= 4 is 29.6 Å². The van der Waals surface area contributed by atoms with Crippen LogP contribution in [0.15, 0.2) is 63.2 Å². The lowest BCUT2D eigenvalue weighted by Crippen LogP contribution is -2.38. The Balaban J connectivity index is 1.63. The Kier molecular flexibility index (Phi) is 4.15. The number of fused-ring (bicyclic) bond motifs is 1. The minimum absolute atomic E-state index is 0.0519. The highest BCUT2D eigenvalue weighted by Crippen LogP contribution is 2.27. The summed E-state index contributed by atoms with van der Waals surface area (Å²) in [5.41, 5.74) is 1.13. The van der Waals surface area contributed by atoms with Gasteiger partial charge in [-0.05, 0) is 37.3 Å². The van der Waals surface area contributed by atoms with Gasteiger partial charge in [0.05, 0.1) is 18.2 Å². The molecule has 1 N–H and O–H groups in total. The van der Waals surface area contributed by atoms with E-state index in [-0.39, 0.29) is 17.2 Å². The summed E-state index contributed by atoms with van der Waals surface area (Å²) in [5, 5.41) is 9.40. The van der Waals surface area contributed by atoms with E-state index >= 15 is 0 Å². The van der Waals surface area contributed by atoms with Crippen LogP contribution in [-0.4, -0.2) is 35.7 Å². The summed E-state index contributed by atoms with van der Waals surface area (Å²) in [4.78, 5) is 33.3. The highest BCUT2D eigenvalue weighted by atomic mass is 16.7. The molecule has 8 nitrogen and oxygen atoms in total. The Bertz CT molecular complexity index is 1110. The van der Waals surface area contributed by atoms with Crippen LogP contribution in [0.25, 0.3) is 17.4 Å². The number of carbonyl (C=O) groups excluding carboxylic acids is 2. The molecule has 4 rings (SSSR count). The number of esters is 1. The van der Waals surface area contributed by atoms with E-state index < -0.39 is 11.9 Å². The second kappa shape index (κ2) is 6.66. The number of furan rings is 1. The first kappa shape index (κ1) is 17.5. The number of hydrogen-bond acceptors (Lipinski definition) is 6. The number of amides is 1. The molecule has 0 saturated carbocycles. The zero-order valence-corrected chi connectivity index (χ0v) is 15.1. The summed E-state index contributed by atoms with van der Waals surface area (Å²) in [6, 6.07) is 10.2. The van der Waals surface area contributed by atoms with Crippen molar-refractivity contribution in [3.05, 3.63) is 65.1 Å². The fourth-order valence-electron chi connectivity index (χ4n) is 2.85. The fraction of sp³-hybridized carbons (Fsp3) is 0.100. The molecule has 28 heavy (non-hydrogen) atoms. The predicted octanol–water partition coefficient (Wildman–Crippen LogP) is 3.18. The number of rotatable bonds is 3. The van der Waals surface area contributed by atoms with Crippen molar-refractivity contribution in [2.24, 2.45) is 4.99 Å². The first-order valence-electron chi connectivity index (χ1n) is 8.35. The molecule has 2 aliphatic heterocycles. The van der Waals surface area contributed by atoms with Gasteiger partial charge in [-0.15, -0.1) is 5.06 Å². The number of hydrogen-bond donors (Lipinski definition) is 1. The standard InChI is InChI=1S/C20H15N3O5/c1-11-8-17-22-19(24)15(18(21)23(17)28-11)10-14-6-7-16(27-14)12-4-3-5-13(9-12)20(25)26-2/h3-10,21H,1-2H3. The highest BCUT2D eigenvalue weighted by molar-refractivity contribution is 6.32. The van der Waals surface area contributed by atoms with E-state index in [1.54, 1.807) is 49.4 Å². The normalized spacial score (nSPS) is 17.2. The van der Waals surface area contributed by atoms with Crippen LogP contribution in [0.3, 0.4) is 0 Å². The van der Waals surface area contributed by atoms with Crippen LogP contribution in [0, 0.1) is 5.41 Å². The number of methoxy groups -OCH3 is 1. The maximum atomic E-state index is 12.3. The van der Waals surface area contributed by atoms with Crippen LogP contribution >= 0.6 is 0 Å². The molecule has 0 aliphatic carbocycles. The molecule has 1 aromatic carbocycles. The monoisotopic (exact) mass is 377 g/mol. The first-order valence-corrected chi connectivity index (χ1v) is 8.35. The molecule has 0 spiro atoms. The number of ether oxygens (including phenoxy) is 1. The predicted molar refractivity (Wildman–Crippen MR) is 100 cm³/mol. The number of nitrogens with zero attached hydrogens (tertiary/aromatic N) is 2. The largest absolute Gasteiger partial charge is 0.465 e. The van der Waals surface area contributed by atoms with Gasteiger partial charge < -0.3 is 14.0 Å². The molecule has 0 saturated heterocycles. The molecule has 140 valence electrons. The molecule has 0 radical (unpaired) electrons. The molecule has 1 aromatic heterocycles. The van der Waals surface area contributed by atoms with Crippen molar-refractivity contribution in [3.63, 3.8) is 0 Å². The van der Waals surface area contributed by atoms with Gasteiger partial charge in [-0.2, -0.15) is 4.99 Å². The Hall–Kier alpha value is -3.94. The Morgan fingerprint density at radius 2 is 2.11 bits per heavy atom. The van der Waals surface area contributed by atoms with Crippen molar-refractivity contribution < 1.29 is 23.6 Å². The average molecular weight is 377 g/mol. The van der Waals surface area contributed by atoms with Gasteiger partial charge in [0.2, 0.25) is 0 Å². The summed E-state index contributed by atoms with van der Waals surface area (Å²) >= 11 is 0. The van der Waals surface area contributed by atoms with Gasteiger partial charge in [0.15, 0.2) is 11.7 Å². The Morgan fingerprint density at radius 1 is 1.29 bits per heavy atom. The van der Waals surface area contributed by atoms with Crippen molar-refractivity contribution in [2.75, 3.05) is 7.11 Å². The third kappa shape index (κ3) is 3.01. The molecule has 0 unspecified atom stereocenters. The summed E-state index contributed by atoms with van der Waals surface area (Å²) in [6.07, 6.45) is 3.03. The molecule has 2 aromatic rings. The molecule has 2 aliphatic rings. The topological polar surface area (TPSA) is 105 Å². The second-order valence-electron chi connectivity index (χ2n) is 6.10. The van der Waals surface area contributed by atoms with Gasteiger partial charge in [0.1, 0.15) is 17.3 Å². The third-order valence-electron chi connectivity index (χ3n) is 4.16. The molecule has 1 amide bonds. The van der Waals surface area contributed by atoms with E-state index in [0.717, 1.165) is 0 Å². The third-order valence-corrected chi connectivity index (χ3v) is 4.16. The molecule has 0 fully saturated rings. The molecular weight excluding hydrogens is 362 g/mol. The quantitative estimate of drug-likeness (QED) is 0.651. The van der Waals surface area contributed by atoms with Crippen LogP contribution < -0.4 is 0 Å². The summed E-state index contributed by atoms with van der Waals surface area (Å²) in [6.45, 7) is 1.71. The van der Waals surface area contributed by atoms with Crippen molar-refractivity contribution in [1.82, 2.24) is 5.06 Å². The lowest BCUT2D eigenvalue weighted by Gasteiger charge is -2.22. The van der Waals surface area contributed by atoms with E-state index in [0.29, 0.717) is 28.4 Å². The number of aliphatic imine (C=N–C) groups is 1. The van der Waals surface area contributed by atoms with Crippen molar-refractivity contribution in [3.8, 4) is 11.3 Å². The van der Waals surface area contributed by atoms with Crippen LogP contribution in [0.1, 0.15) is 23.0 Å². The Labute approximate surface area is 159 Å². The lowest BCUT2D eigenvalue weighted by molar-refractivity contribution is -0.114. The molecule has 0 bridgehead atoms. The molecule has 0 atom stereocenters. The van der Waals surface area contributed by atoms with Crippen LogP contribution in [-0.2, 0) is 14.4 Å². The summed E-state index contributed by atoms with van der Waals surface area (Å²) in [5.74, 6) is 0.596. The van der Waals surface area contributed by atoms with Gasteiger partial charge in [-0.3, -0.25) is 10.2 Å². The lowest BCUT2D eigenvalue weighted by atomic mass is 10.1. The minimum atomic E-state index is -0.545. The molecular formula is C20H15N3O5. The van der Waals surface area contributed by atoms with E-state index in [9.17, 15) is 9.59 Å². The number of hydroxylamine groups is 2. The zero-order valence-electron chi connectivity index (χ0n) is 15.1. The number of allylic oxidation sites excluding steroid dienone is 1. The van der Waals surface area contributed by atoms with Gasteiger partial charge in [0.25, 0.3) is 5.91 Å². The number of carbonyl (C=O) groups is 2. The number of nitrogens with one attached hydrogen (secondary N) is 1.